The number of anilines is 1. The Bertz CT molecular complexity index is 690. The van der Waals surface area contributed by atoms with Crippen molar-refractivity contribution in [3.05, 3.63) is 23.7 Å². The van der Waals surface area contributed by atoms with E-state index < -0.39 is 0 Å². The summed E-state index contributed by atoms with van der Waals surface area (Å²) in [6.45, 7) is 6.78. The summed E-state index contributed by atoms with van der Waals surface area (Å²) in [5.74, 6) is 0.468. The topological polar surface area (TPSA) is 89.7 Å². The highest BCUT2D eigenvalue weighted by Gasteiger charge is 2.23. The summed E-state index contributed by atoms with van der Waals surface area (Å²) in [5, 5.41) is 18.8. The molecule has 0 saturated carbocycles. The number of aryl methyl sites for hydroxylation is 1. The van der Waals surface area contributed by atoms with Crippen molar-refractivity contribution in [3.8, 4) is 0 Å². The van der Waals surface area contributed by atoms with E-state index in [1.165, 1.54) is 0 Å². The Kier molecular flexibility index (Phi) is 6.95. The van der Waals surface area contributed by atoms with Crippen molar-refractivity contribution in [1.82, 2.24) is 30.1 Å². The first-order valence-electron chi connectivity index (χ1n) is 8.66. The van der Waals surface area contributed by atoms with E-state index in [2.05, 4.69) is 33.0 Å². The molecule has 3 heterocycles. The smallest absolute Gasteiger partial charge is 0.279 e. The molecule has 0 atom stereocenters. The molecule has 9 heteroatoms. The van der Waals surface area contributed by atoms with Crippen LogP contribution in [-0.4, -0.2) is 43.8 Å². The van der Waals surface area contributed by atoms with Crippen molar-refractivity contribution in [2.45, 2.75) is 52.1 Å². The van der Waals surface area contributed by atoms with Gasteiger partial charge in [0, 0.05) is 12.6 Å². The highest BCUT2D eigenvalue weighted by molar-refractivity contribution is 6.03. The molecule has 2 N–H and O–H groups in total. The van der Waals surface area contributed by atoms with Gasteiger partial charge in [-0.1, -0.05) is 18.6 Å². The zero-order chi connectivity index (χ0) is 16.9. The van der Waals surface area contributed by atoms with Crippen molar-refractivity contribution >= 4 is 24.1 Å². The van der Waals surface area contributed by atoms with Crippen LogP contribution in [0.2, 0.25) is 0 Å². The minimum atomic E-state index is -0.231. The van der Waals surface area contributed by atoms with Gasteiger partial charge in [0.1, 0.15) is 5.82 Å². The molecule has 25 heavy (non-hydrogen) atoms. The predicted octanol–water partition coefficient (Wildman–Crippen LogP) is 2.18. The van der Waals surface area contributed by atoms with Gasteiger partial charge in [-0.2, -0.15) is 5.10 Å². The van der Waals surface area contributed by atoms with Gasteiger partial charge >= 0.3 is 0 Å². The van der Waals surface area contributed by atoms with Gasteiger partial charge in [0.15, 0.2) is 5.69 Å². The Morgan fingerprint density at radius 3 is 2.88 bits per heavy atom. The number of piperidine rings is 1. The summed E-state index contributed by atoms with van der Waals surface area (Å²) in [4.78, 5) is 12.6. The normalized spacial score (nSPS) is 15.0. The third kappa shape index (κ3) is 4.38. The number of carbonyl (C=O) groups excluding carboxylic acids is 1. The van der Waals surface area contributed by atoms with E-state index in [0.29, 0.717) is 17.6 Å². The molecule has 3 rings (SSSR count). The van der Waals surface area contributed by atoms with Crippen molar-refractivity contribution in [3.63, 3.8) is 0 Å². The van der Waals surface area contributed by atoms with Crippen molar-refractivity contribution in [1.29, 1.82) is 0 Å². The van der Waals surface area contributed by atoms with E-state index in [1.807, 2.05) is 16.3 Å². The fourth-order valence-corrected chi connectivity index (χ4v) is 3.05. The zero-order valence-corrected chi connectivity index (χ0v) is 15.6. The lowest BCUT2D eigenvalue weighted by Gasteiger charge is -2.23. The van der Waals surface area contributed by atoms with Gasteiger partial charge < -0.3 is 10.6 Å². The minimum absolute atomic E-state index is 0. The molecule has 0 bridgehead atoms. The molecule has 1 aliphatic heterocycles. The number of nitrogens with zero attached hydrogens (tertiary/aromatic N) is 5. The lowest BCUT2D eigenvalue weighted by molar-refractivity contribution is 0.102. The summed E-state index contributed by atoms with van der Waals surface area (Å²) >= 11 is 0. The van der Waals surface area contributed by atoms with Gasteiger partial charge in [-0.3, -0.25) is 4.79 Å². The molecular weight excluding hydrogens is 342 g/mol. The Morgan fingerprint density at radius 2 is 2.16 bits per heavy atom. The Balaban J connectivity index is 0.00000225. The third-order valence-electron chi connectivity index (χ3n) is 4.48. The lowest BCUT2D eigenvalue weighted by Crippen LogP contribution is -2.30. The molecule has 1 aliphatic rings. The molecule has 0 radical (unpaired) electrons. The summed E-state index contributed by atoms with van der Waals surface area (Å²) in [6, 6.07) is 2.12. The second kappa shape index (κ2) is 8.96. The van der Waals surface area contributed by atoms with E-state index in [1.54, 1.807) is 12.3 Å². The van der Waals surface area contributed by atoms with Crippen LogP contribution in [0, 0.1) is 6.92 Å². The first kappa shape index (κ1) is 19.4. The van der Waals surface area contributed by atoms with Crippen LogP contribution in [0.3, 0.4) is 0 Å². The molecule has 1 fully saturated rings. The van der Waals surface area contributed by atoms with Gasteiger partial charge in [-0.15, -0.1) is 17.5 Å². The molecule has 0 aliphatic carbocycles. The number of unbranched alkanes of at least 4 members (excludes halogenated alkanes) is 1. The number of nitrogens with one attached hydrogen (secondary N) is 2. The number of amides is 1. The first-order valence-corrected chi connectivity index (χ1v) is 8.66. The highest BCUT2D eigenvalue weighted by atomic mass is 35.5. The minimum Gasteiger partial charge on any atom is -0.317 e. The number of hydrogen-bond donors (Lipinski definition) is 2. The van der Waals surface area contributed by atoms with E-state index in [4.69, 9.17) is 0 Å². The number of rotatable bonds is 6. The Morgan fingerprint density at radius 1 is 1.40 bits per heavy atom. The average molecular weight is 368 g/mol. The molecule has 2 aromatic rings. The largest absolute Gasteiger partial charge is 0.317 e. The predicted molar refractivity (Wildman–Crippen MR) is 98.2 cm³/mol. The summed E-state index contributed by atoms with van der Waals surface area (Å²) in [5.41, 5.74) is 1.20. The summed E-state index contributed by atoms with van der Waals surface area (Å²) in [7, 11) is 0. The molecule has 138 valence electrons. The van der Waals surface area contributed by atoms with Crippen LogP contribution in [0.1, 0.15) is 54.8 Å². The van der Waals surface area contributed by atoms with Gasteiger partial charge in [-0.25, -0.2) is 9.36 Å². The number of halogens is 1. The van der Waals surface area contributed by atoms with Crippen molar-refractivity contribution < 1.29 is 4.79 Å². The number of aromatic nitrogens is 5. The van der Waals surface area contributed by atoms with Crippen LogP contribution in [0.5, 0.6) is 0 Å². The van der Waals surface area contributed by atoms with Crippen LogP contribution in [0.4, 0.5) is 5.82 Å². The molecule has 0 unspecified atom stereocenters. The third-order valence-corrected chi connectivity index (χ3v) is 4.48. The van der Waals surface area contributed by atoms with Crippen LogP contribution in [-0.2, 0) is 6.54 Å². The second-order valence-corrected chi connectivity index (χ2v) is 6.20. The summed E-state index contributed by atoms with van der Waals surface area (Å²) < 4.78 is 3.71. The SMILES string of the molecule is CCCCn1nccc1NC(=O)c1nnn(C2CCNCC2)c1C.Cl. The van der Waals surface area contributed by atoms with Crippen molar-refractivity contribution in [2.24, 2.45) is 0 Å². The maximum absolute atomic E-state index is 12.6. The van der Waals surface area contributed by atoms with E-state index in [9.17, 15) is 4.79 Å². The van der Waals surface area contributed by atoms with E-state index >= 15 is 0 Å². The maximum Gasteiger partial charge on any atom is 0.279 e. The maximum atomic E-state index is 12.6. The molecule has 1 saturated heterocycles. The van der Waals surface area contributed by atoms with Crippen molar-refractivity contribution in [2.75, 3.05) is 18.4 Å². The first-order chi connectivity index (χ1) is 11.7. The Labute approximate surface area is 153 Å². The average Bonchev–Trinajstić information content (AvgIpc) is 3.20. The van der Waals surface area contributed by atoms with Gasteiger partial charge in [0.2, 0.25) is 0 Å². The molecular formula is C16H26ClN7O. The fourth-order valence-electron chi connectivity index (χ4n) is 3.05. The van der Waals surface area contributed by atoms with Gasteiger partial charge in [0.25, 0.3) is 5.91 Å². The monoisotopic (exact) mass is 367 g/mol. The number of carbonyl (C=O) groups is 1. The molecule has 1 amide bonds. The standard InChI is InChI=1S/C16H25N7O.ClH/c1-3-4-11-22-14(7-10-18-22)19-16(24)15-12(2)23(21-20-15)13-5-8-17-9-6-13;/h7,10,13,17H,3-6,8-9,11H2,1-2H3,(H,19,24);1H. The second-order valence-electron chi connectivity index (χ2n) is 6.20. The van der Waals surface area contributed by atoms with Crippen LogP contribution in [0.15, 0.2) is 12.3 Å². The summed E-state index contributed by atoms with van der Waals surface area (Å²) in [6.07, 6.45) is 5.82. The molecule has 8 nitrogen and oxygen atoms in total. The van der Waals surface area contributed by atoms with Crippen LogP contribution in [0.25, 0.3) is 0 Å². The lowest BCUT2D eigenvalue weighted by atomic mass is 10.1. The Hall–Kier alpha value is -1.93. The van der Waals surface area contributed by atoms with E-state index in [-0.39, 0.29) is 18.3 Å². The van der Waals surface area contributed by atoms with Gasteiger partial charge in [0.05, 0.1) is 17.9 Å². The molecule has 2 aromatic heterocycles. The molecule has 0 spiro atoms. The highest BCUT2D eigenvalue weighted by Crippen LogP contribution is 2.20. The van der Waals surface area contributed by atoms with Crippen LogP contribution < -0.4 is 10.6 Å². The number of hydrogen-bond acceptors (Lipinski definition) is 5. The fraction of sp³-hybridized carbons (Fsp3) is 0.625. The quantitative estimate of drug-likeness (QED) is 0.816. The molecule has 0 aromatic carbocycles. The van der Waals surface area contributed by atoms with Crippen LogP contribution >= 0.6 is 12.4 Å². The zero-order valence-electron chi connectivity index (χ0n) is 14.7. The van der Waals surface area contributed by atoms with Gasteiger partial charge in [-0.05, 0) is 39.3 Å². The van der Waals surface area contributed by atoms with E-state index in [0.717, 1.165) is 51.0 Å².